The molecule has 0 heterocycles. The van der Waals surface area contributed by atoms with Crippen LogP contribution in [-0.2, 0) is 11.8 Å². The Bertz CT molecular complexity index is 335. The van der Waals surface area contributed by atoms with Crippen molar-refractivity contribution in [1.29, 1.82) is 0 Å². The molecular weight excluding hydrogens is 192 g/mol. The second kappa shape index (κ2) is 5.34. The van der Waals surface area contributed by atoms with Crippen LogP contribution in [0.15, 0.2) is 36.4 Å². The molecule has 1 atom stereocenters. The number of allylic oxidation sites excluding steroid dienone is 2. The largest absolute Gasteiger partial charge is 0.0914 e. The maximum atomic E-state index is 2.26. The number of rotatable bonds is 3. The molecule has 88 valence electrons. The second-order valence-corrected chi connectivity index (χ2v) is 5.65. The van der Waals surface area contributed by atoms with Gasteiger partial charge in [0, 0.05) is 0 Å². The van der Waals surface area contributed by atoms with Crippen molar-refractivity contribution in [3.8, 4) is 0 Å². The quantitative estimate of drug-likeness (QED) is 0.640. The van der Waals surface area contributed by atoms with Crippen LogP contribution in [0.4, 0.5) is 0 Å². The SMILES string of the molecule is C/C=C\C(C)Cc1ccc(C(C)(C)C)cc1. The van der Waals surface area contributed by atoms with Gasteiger partial charge in [-0.25, -0.2) is 0 Å². The average molecular weight is 216 g/mol. The lowest BCUT2D eigenvalue weighted by atomic mass is 9.86. The topological polar surface area (TPSA) is 0 Å². The highest BCUT2D eigenvalue weighted by molar-refractivity contribution is 5.27. The van der Waals surface area contributed by atoms with Crippen LogP contribution in [0, 0.1) is 5.92 Å². The van der Waals surface area contributed by atoms with E-state index >= 15 is 0 Å². The summed E-state index contributed by atoms with van der Waals surface area (Å²) < 4.78 is 0. The maximum absolute atomic E-state index is 2.26. The number of benzene rings is 1. The molecule has 0 heteroatoms. The molecule has 0 aromatic heterocycles. The Hall–Kier alpha value is -1.04. The van der Waals surface area contributed by atoms with Crippen LogP contribution < -0.4 is 0 Å². The van der Waals surface area contributed by atoms with Gasteiger partial charge in [0.2, 0.25) is 0 Å². The van der Waals surface area contributed by atoms with Crippen LogP contribution in [0.25, 0.3) is 0 Å². The number of hydrogen-bond donors (Lipinski definition) is 0. The minimum atomic E-state index is 0.257. The lowest BCUT2D eigenvalue weighted by molar-refractivity contribution is 0.589. The minimum Gasteiger partial charge on any atom is -0.0914 e. The van der Waals surface area contributed by atoms with Crippen molar-refractivity contribution in [2.45, 2.75) is 46.5 Å². The molecule has 0 nitrogen and oxygen atoms in total. The highest BCUT2D eigenvalue weighted by Gasteiger charge is 2.12. The summed E-state index contributed by atoms with van der Waals surface area (Å²) in [6, 6.07) is 9.05. The van der Waals surface area contributed by atoms with Crippen LogP contribution in [-0.4, -0.2) is 0 Å². The third-order valence-corrected chi connectivity index (χ3v) is 2.90. The molecule has 1 unspecified atom stereocenters. The predicted molar refractivity (Wildman–Crippen MR) is 72.8 cm³/mol. The Morgan fingerprint density at radius 2 is 1.69 bits per heavy atom. The van der Waals surface area contributed by atoms with Gasteiger partial charge >= 0.3 is 0 Å². The molecule has 0 saturated carbocycles. The summed E-state index contributed by atoms with van der Waals surface area (Å²) >= 11 is 0. The predicted octanol–water partition coefficient (Wildman–Crippen LogP) is 4.74. The molecule has 0 aliphatic rings. The first-order valence-corrected chi connectivity index (χ1v) is 6.15. The van der Waals surface area contributed by atoms with E-state index in [1.54, 1.807) is 0 Å². The van der Waals surface area contributed by atoms with E-state index in [-0.39, 0.29) is 5.41 Å². The standard InChI is InChI=1S/C16H24/c1-6-7-13(2)12-14-8-10-15(11-9-14)16(3,4)5/h6-11,13H,12H2,1-5H3/b7-6-. The van der Waals surface area contributed by atoms with Gasteiger partial charge in [-0.15, -0.1) is 0 Å². The lowest BCUT2D eigenvalue weighted by Gasteiger charge is -2.19. The first kappa shape index (κ1) is 13.0. The van der Waals surface area contributed by atoms with Crippen molar-refractivity contribution < 1.29 is 0 Å². The molecule has 1 aromatic carbocycles. The van der Waals surface area contributed by atoms with E-state index in [4.69, 9.17) is 0 Å². The van der Waals surface area contributed by atoms with Crippen molar-refractivity contribution in [1.82, 2.24) is 0 Å². The third kappa shape index (κ3) is 3.84. The van der Waals surface area contributed by atoms with Crippen molar-refractivity contribution in [2.75, 3.05) is 0 Å². The Kier molecular flexibility index (Phi) is 4.35. The van der Waals surface area contributed by atoms with Gasteiger partial charge in [-0.3, -0.25) is 0 Å². The van der Waals surface area contributed by atoms with Gasteiger partial charge in [0.25, 0.3) is 0 Å². The zero-order valence-corrected chi connectivity index (χ0v) is 11.2. The molecule has 0 saturated heterocycles. The van der Waals surface area contributed by atoms with E-state index in [2.05, 4.69) is 71.0 Å². The summed E-state index contributed by atoms with van der Waals surface area (Å²) in [6.07, 6.45) is 5.53. The average Bonchev–Trinajstić information content (AvgIpc) is 2.17. The first-order valence-electron chi connectivity index (χ1n) is 6.15. The Balaban J connectivity index is 2.72. The van der Waals surface area contributed by atoms with Crippen LogP contribution in [0.3, 0.4) is 0 Å². The fourth-order valence-corrected chi connectivity index (χ4v) is 1.91. The Morgan fingerprint density at radius 3 is 2.12 bits per heavy atom. The van der Waals surface area contributed by atoms with Gasteiger partial charge in [0.15, 0.2) is 0 Å². The van der Waals surface area contributed by atoms with E-state index in [1.807, 2.05) is 0 Å². The summed E-state index contributed by atoms with van der Waals surface area (Å²) in [4.78, 5) is 0. The lowest BCUT2D eigenvalue weighted by Crippen LogP contribution is -2.10. The van der Waals surface area contributed by atoms with Gasteiger partial charge in [0.1, 0.15) is 0 Å². The molecule has 0 bridgehead atoms. The van der Waals surface area contributed by atoms with Crippen LogP contribution in [0.5, 0.6) is 0 Å². The molecule has 1 aromatic rings. The second-order valence-electron chi connectivity index (χ2n) is 5.65. The van der Waals surface area contributed by atoms with Crippen LogP contribution in [0.1, 0.15) is 45.7 Å². The van der Waals surface area contributed by atoms with E-state index in [1.165, 1.54) is 11.1 Å². The highest BCUT2D eigenvalue weighted by atomic mass is 14.2. The molecular formula is C16H24. The zero-order valence-electron chi connectivity index (χ0n) is 11.2. The molecule has 0 amide bonds. The Labute approximate surface area is 100 Å². The van der Waals surface area contributed by atoms with Crippen molar-refractivity contribution in [3.05, 3.63) is 47.5 Å². The summed E-state index contributed by atoms with van der Waals surface area (Å²) in [5.41, 5.74) is 3.10. The molecule has 0 N–H and O–H groups in total. The summed E-state index contributed by atoms with van der Waals surface area (Å²) in [5.74, 6) is 0.630. The Morgan fingerprint density at radius 1 is 1.12 bits per heavy atom. The maximum Gasteiger partial charge on any atom is -0.0132 e. The van der Waals surface area contributed by atoms with E-state index in [0.717, 1.165) is 6.42 Å². The van der Waals surface area contributed by atoms with E-state index in [9.17, 15) is 0 Å². The first-order chi connectivity index (χ1) is 7.43. The fourth-order valence-electron chi connectivity index (χ4n) is 1.91. The molecule has 0 fully saturated rings. The summed E-state index contributed by atoms with van der Waals surface area (Å²) in [7, 11) is 0. The normalized spacial score (nSPS) is 14.3. The molecule has 0 aliphatic heterocycles. The minimum absolute atomic E-state index is 0.257. The van der Waals surface area contributed by atoms with Crippen molar-refractivity contribution >= 4 is 0 Å². The van der Waals surface area contributed by atoms with Gasteiger partial charge in [-0.1, -0.05) is 64.1 Å². The molecule has 16 heavy (non-hydrogen) atoms. The van der Waals surface area contributed by atoms with Gasteiger partial charge in [-0.05, 0) is 35.8 Å². The molecule has 0 aliphatic carbocycles. The van der Waals surface area contributed by atoms with Crippen LogP contribution >= 0.6 is 0 Å². The molecule has 1 rings (SSSR count). The highest BCUT2D eigenvalue weighted by Crippen LogP contribution is 2.22. The van der Waals surface area contributed by atoms with E-state index in [0.29, 0.717) is 5.92 Å². The van der Waals surface area contributed by atoms with E-state index < -0.39 is 0 Å². The number of hydrogen-bond acceptors (Lipinski definition) is 0. The molecule has 0 radical (unpaired) electrons. The van der Waals surface area contributed by atoms with Gasteiger partial charge < -0.3 is 0 Å². The molecule has 0 spiro atoms. The van der Waals surface area contributed by atoms with Gasteiger partial charge in [0.05, 0.1) is 0 Å². The monoisotopic (exact) mass is 216 g/mol. The van der Waals surface area contributed by atoms with Crippen molar-refractivity contribution in [3.63, 3.8) is 0 Å². The van der Waals surface area contributed by atoms with Crippen LogP contribution in [0.2, 0.25) is 0 Å². The summed E-state index contributed by atoms with van der Waals surface area (Å²) in [5, 5.41) is 0. The fraction of sp³-hybridized carbons (Fsp3) is 0.500. The third-order valence-electron chi connectivity index (χ3n) is 2.90. The smallest absolute Gasteiger partial charge is 0.0132 e. The zero-order chi connectivity index (χ0) is 12.2. The van der Waals surface area contributed by atoms with Gasteiger partial charge in [-0.2, -0.15) is 0 Å². The summed E-state index contributed by atoms with van der Waals surface area (Å²) in [6.45, 7) is 11.1. The van der Waals surface area contributed by atoms with Crippen molar-refractivity contribution in [2.24, 2.45) is 5.92 Å².